The molecule has 1 unspecified atom stereocenters. The van der Waals surface area contributed by atoms with Gasteiger partial charge in [0.2, 0.25) is 5.91 Å². The molecular formula is C21H33IN4O2. The van der Waals surface area contributed by atoms with E-state index in [1.807, 2.05) is 30.0 Å². The van der Waals surface area contributed by atoms with Crippen LogP contribution in [0.2, 0.25) is 0 Å². The molecule has 2 N–H and O–H groups in total. The van der Waals surface area contributed by atoms with Crippen molar-refractivity contribution in [2.24, 2.45) is 4.99 Å². The molecule has 0 aliphatic carbocycles. The Morgan fingerprint density at radius 3 is 2.68 bits per heavy atom. The predicted octanol–water partition coefficient (Wildman–Crippen LogP) is 3.47. The van der Waals surface area contributed by atoms with Crippen molar-refractivity contribution in [2.75, 3.05) is 26.2 Å². The lowest BCUT2D eigenvalue weighted by atomic mass is 9.90. The molecule has 0 spiro atoms. The highest BCUT2D eigenvalue weighted by molar-refractivity contribution is 14.0. The van der Waals surface area contributed by atoms with Gasteiger partial charge in [0.05, 0.1) is 6.04 Å². The largest absolute Gasteiger partial charge is 0.487 e. The second kappa shape index (κ2) is 10.3. The molecule has 0 bridgehead atoms. The van der Waals surface area contributed by atoms with E-state index in [-0.39, 0.29) is 48.1 Å². The van der Waals surface area contributed by atoms with Crippen LogP contribution >= 0.6 is 24.0 Å². The molecule has 1 aromatic carbocycles. The monoisotopic (exact) mass is 500 g/mol. The van der Waals surface area contributed by atoms with E-state index in [4.69, 9.17) is 4.74 Å². The summed E-state index contributed by atoms with van der Waals surface area (Å²) in [5.74, 6) is 1.70. The van der Waals surface area contributed by atoms with Crippen molar-refractivity contribution in [3.05, 3.63) is 29.8 Å². The van der Waals surface area contributed by atoms with Crippen LogP contribution in [0.5, 0.6) is 5.75 Å². The number of guanidine groups is 1. The van der Waals surface area contributed by atoms with Crippen LogP contribution in [-0.2, 0) is 4.79 Å². The van der Waals surface area contributed by atoms with Gasteiger partial charge < -0.3 is 20.3 Å². The maximum atomic E-state index is 12.4. The van der Waals surface area contributed by atoms with Crippen molar-refractivity contribution < 1.29 is 9.53 Å². The summed E-state index contributed by atoms with van der Waals surface area (Å²) in [6.07, 6.45) is 4.24. The number of benzene rings is 1. The fourth-order valence-corrected chi connectivity index (χ4v) is 3.81. The number of halogens is 1. The van der Waals surface area contributed by atoms with Crippen molar-refractivity contribution in [2.45, 2.75) is 58.1 Å². The zero-order valence-corrected chi connectivity index (χ0v) is 19.5. The second-order valence-electron chi connectivity index (χ2n) is 7.94. The van der Waals surface area contributed by atoms with Crippen molar-refractivity contribution in [1.29, 1.82) is 0 Å². The van der Waals surface area contributed by atoms with Gasteiger partial charge in [-0.1, -0.05) is 18.2 Å². The van der Waals surface area contributed by atoms with Crippen LogP contribution in [0.15, 0.2) is 29.3 Å². The lowest BCUT2D eigenvalue weighted by Gasteiger charge is -2.38. The Labute approximate surface area is 185 Å². The molecule has 1 atom stereocenters. The maximum Gasteiger partial charge on any atom is 0.244 e. The number of carbonyl (C=O) groups excluding carboxylic acids is 1. The third-order valence-corrected chi connectivity index (χ3v) is 5.11. The van der Waals surface area contributed by atoms with E-state index in [9.17, 15) is 4.79 Å². The SMILES string of the molecule is CCNC(=NCC(=O)N1CCCCC1)NC1CC(C)(C)Oc2ccccc21.I. The first-order valence-electron chi connectivity index (χ1n) is 10.1. The molecule has 0 radical (unpaired) electrons. The van der Waals surface area contributed by atoms with Gasteiger partial charge in [-0.15, -0.1) is 24.0 Å². The highest BCUT2D eigenvalue weighted by atomic mass is 127. The molecule has 156 valence electrons. The number of hydrogen-bond donors (Lipinski definition) is 2. The lowest BCUT2D eigenvalue weighted by Crippen LogP contribution is -2.46. The van der Waals surface area contributed by atoms with Gasteiger partial charge in [-0.2, -0.15) is 0 Å². The van der Waals surface area contributed by atoms with E-state index in [0.29, 0.717) is 5.96 Å². The first-order valence-corrected chi connectivity index (χ1v) is 10.1. The first-order chi connectivity index (χ1) is 13.0. The van der Waals surface area contributed by atoms with Gasteiger partial charge in [0, 0.05) is 31.6 Å². The number of ether oxygens (including phenoxy) is 1. The van der Waals surface area contributed by atoms with E-state index >= 15 is 0 Å². The normalized spacial score (nSPS) is 21.0. The number of rotatable bonds is 4. The molecule has 7 heteroatoms. The Hall–Kier alpha value is -1.51. The minimum absolute atomic E-state index is 0. The molecule has 2 aliphatic heterocycles. The summed E-state index contributed by atoms with van der Waals surface area (Å²) in [6.45, 7) is 8.88. The molecule has 28 heavy (non-hydrogen) atoms. The van der Waals surface area contributed by atoms with E-state index in [0.717, 1.165) is 50.2 Å². The molecule has 2 heterocycles. The van der Waals surface area contributed by atoms with Gasteiger partial charge in [0.1, 0.15) is 17.9 Å². The number of piperidine rings is 1. The van der Waals surface area contributed by atoms with Crippen LogP contribution in [0.25, 0.3) is 0 Å². The highest BCUT2D eigenvalue weighted by Gasteiger charge is 2.34. The summed E-state index contributed by atoms with van der Waals surface area (Å²) in [5, 5.41) is 6.79. The first kappa shape index (κ1) is 22.8. The van der Waals surface area contributed by atoms with E-state index in [2.05, 4.69) is 35.5 Å². The Bertz CT molecular complexity index is 687. The Morgan fingerprint density at radius 1 is 1.25 bits per heavy atom. The smallest absolute Gasteiger partial charge is 0.244 e. The standard InChI is InChI=1S/C21H32N4O2.HI/c1-4-22-20(23-15-19(26)25-12-8-5-9-13-25)24-17-14-21(2,3)27-18-11-7-6-10-16(17)18;/h6-7,10-11,17H,4-5,8-9,12-15H2,1-3H3,(H2,22,23,24);1H. The molecular weight excluding hydrogens is 467 g/mol. The summed E-state index contributed by atoms with van der Waals surface area (Å²) >= 11 is 0. The van der Waals surface area contributed by atoms with E-state index < -0.39 is 0 Å². The van der Waals surface area contributed by atoms with Crippen LogP contribution in [0.4, 0.5) is 0 Å². The molecule has 6 nitrogen and oxygen atoms in total. The van der Waals surface area contributed by atoms with E-state index in [1.54, 1.807) is 0 Å². The minimum Gasteiger partial charge on any atom is -0.487 e. The number of carbonyl (C=O) groups is 1. The third kappa shape index (κ3) is 5.99. The highest BCUT2D eigenvalue weighted by Crippen LogP contribution is 2.39. The average molecular weight is 500 g/mol. The second-order valence-corrected chi connectivity index (χ2v) is 7.94. The number of fused-ring (bicyclic) bond motifs is 1. The number of hydrogen-bond acceptors (Lipinski definition) is 3. The Balaban J connectivity index is 0.00000280. The molecule has 1 saturated heterocycles. The summed E-state index contributed by atoms with van der Waals surface area (Å²) in [7, 11) is 0. The van der Waals surface area contributed by atoms with Crippen molar-refractivity contribution in [3.63, 3.8) is 0 Å². The van der Waals surface area contributed by atoms with Gasteiger partial charge in [-0.3, -0.25) is 4.79 Å². The Morgan fingerprint density at radius 2 is 1.96 bits per heavy atom. The lowest BCUT2D eigenvalue weighted by molar-refractivity contribution is -0.130. The Kier molecular flexibility index (Phi) is 8.39. The molecule has 0 aromatic heterocycles. The summed E-state index contributed by atoms with van der Waals surface area (Å²) in [4.78, 5) is 18.9. The zero-order valence-electron chi connectivity index (χ0n) is 17.2. The number of amides is 1. The van der Waals surface area contributed by atoms with Gasteiger partial charge in [0.25, 0.3) is 0 Å². The predicted molar refractivity (Wildman–Crippen MR) is 123 cm³/mol. The summed E-state index contributed by atoms with van der Waals surface area (Å²) in [6, 6.07) is 8.21. The van der Waals surface area contributed by atoms with Crippen LogP contribution in [0.1, 0.15) is 58.1 Å². The van der Waals surface area contributed by atoms with Gasteiger partial charge in [-0.25, -0.2) is 4.99 Å². The summed E-state index contributed by atoms with van der Waals surface area (Å²) in [5.41, 5.74) is 0.872. The molecule has 1 fully saturated rings. The van der Waals surface area contributed by atoms with Crippen LogP contribution in [0, 0.1) is 0 Å². The average Bonchev–Trinajstić information content (AvgIpc) is 2.66. The number of nitrogens with one attached hydrogen (secondary N) is 2. The number of para-hydroxylation sites is 1. The number of nitrogens with zero attached hydrogens (tertiary/aromatic N) is 2. The molecule has 1 amide bonds. The molecule has 2 aliphatic rings. The van der Waals surface area contributed by atoms with E-state index in [1.165, 1.54) is 6.42 Å². The quantitative estimate of drug-likeness (QED) is 0.378. The van der Waals surface area contributed by atoms with Crippen molar-refractivity contribution in [1.82, 2.24) is 15.5 Å². The van der Waals surface area contributed by atoms with Gasteiger partial charge in [-0.05, 0) is 46.1 Å². The third-order valence-electron chi connectivity index (χ3n) is 5.11. The number of likely N-dealkylation sites (tertiary alicyclic amines) is 1. The van der Waals surface area contributed by atoms with Crippen molar-refractivity contribution in [3.8, 4) is 5.75 Å². The molecule has 1 aromatic rings. The fourth-order valence-electron chi connectivity index (χ4n) is 3.81. The van der Waals surface area contributed by atoms with Gasteiger partial charge >= 0.3 is 0 Å². The molecule has 3 rings (SSSR count). The molecule has 0 saturated carbocycles. The zero-order chi connectivity index (χ0) is 19.3. The van der Waals surface area contributed by atoms with Gasteiger partial charge in [0.15, 0.2) is 5.96 Å². The summed E-state index contributed by atoms with van der Waals surface area (Å²) < 4.78 is 6.11. The minimum atomic E-state index is -0.257. The number of aliphatic imine (C=N–C) groups is 1. The fraction of sp³-hybridized carbons (Fsp3) is 0.619. The van der Waals surface area contributed by atoms with Crippen LogP contribution in [0.3, 0.4) is 0 Å². The van der Waals surface area contributed by atoms with Crippen LogP contribution < -0.4 is 15.4 Å². The van der Waals surface area contributed by atoms with Crippen LogP contribution in [-0.4, -0.2) is 48.5 Å². The van der Waals surface area contributed by atoms with Crippen molar-refractivity contribution >= 4 is 35.8 Å². The maximum absolute atomic E-state index is 12.4. The topological polar surface area (TPSA) is 66.0 Å².